The number of ether oxygens (including phenoxy) is 1. The average Bonchev–Trinajstić information content (AvgIpc) is 2.74. The monoisotopic (exact) mass is 272 g/mol. The molecule has 0 amide bonds. The predicted molar refractivity (Wildman–Crippen MR) is 71.0 cm³/mol. The third-order valence-electron chi connectivity index (χ3n) is 2.27. The number of carbonyl (C=O) groups excluding carboxylic acids is 1. The first-order valence-corrected chi connectivity index (χ1v) is 6.98. The molecule has 102 valence electrons. The van der Waals surface area contributed by atoms with Crippen LogP contribution in [0.2, 0.25) is 0 Å². The minimum absolute atomic E-state index is 0.383. The van der Waals surface area contributed by atoms with Crippen LogP contribution in [-0.4, -0.2) is 39.6 Å². The molecule has 0 saturated heterocycles. The van der Waals surface area contributed by atoms with Crippen molar-refractivity contribution in [3.8, 4) is 0 Å². The summed E-state index contributed by atoms with van der Waals surface area (Å²) in [5.41, 5.74) is 5.65. The van der Waals surface area contributed by atoms with E-state index in [-0.39, 0.29) is 5.97 Å². The molecule has 18 heavy (non-hydrogen) atoms. The van der Waals surface area contributed by atoms with Crippen molar-refractivity contribution in [2.45, 2.75) is 32.2 Å². The van der Waals surface area contributed by atoms with Crippen LogP contribution in [0.15, 0.2) is 6.33 Å². The van der Waals surface area contributed by atoms with Gasteiger partial charge in [0.15, 0.2) is 0 Å². The van der Waals surface area contributed by atoms with E-state index >= 15 is 0 Å². The second-order valence-electron chi connectivity index (χ2n) is 4.40. The van der Waals surface area contributed by atoms with Crippen molar-refractivity contribution in [2.75, 3.05) is 12.9 Å². The predicted octanol–water partition coefficient (Wildman–Crippen LogP) is 0.668. The summed E-state index contributed by atoms with van der Waals surface area (Å²) in [7, 11) is 1.34. The third-order valence-corrected chi connectivity index (χ3v) is 3.32. The van der Waals surface area contributed by atoms with Gasteiger partial charge in [-0.3, -0.25) is 4.79 Å². The van der Waals surface area contributed by atoms with Gasteiger partial charge >= 0.3 is 5.97 Å². The van der Waals surface area contributed by atoms with E-state index in [1.807, 2.05) is 4.68 Å². The molecule has 1 aromatic rings. The van der Waals surface area contributed by atoms with Gasteiger partial charge in [0.25, 0.3) is 0 Å². The summed E-state index contributed by atoms with van der Waals surface area (Å²) in [6, 6.07) is -0.582. The van der Waals surface area contributed by atoms with Gasteiger partial charge < -0.3 is 10.5 Å². The lowest BCUT2D eigenvalue weighted by atomic mass is 10.2. The highest BCUT2D eigenvalue weighted by Gasteiger charge is 2.14. The molecule has 7 heteroatoms. The lowest BCUT2D eigenvalue weighted by molar-refractivity contribution is -0.141. The van der Waals surface area contributed by atoms with Crippen LogP contribution in [0, 0.1) is 5.92 Å². The molecule has 1 unspecified atom stereocenters. The highest BCUT2D eigenvalue weighted by Crippen LogP contribution is 2.12. The van der Waals surface area contributed by atoms with Gasteiger partial charge in [0.05, 0.1) is 12.9 Å². The SMILES string of the molecule is COC(=O)C(N)CSCc1ncnn1CC(C)C. The van der Waals surface area contributed by atoms with E-state index < -0.39 is 6.04 Å². The second-order valence-corrected chi connectivity index (χ2v) is 5.43. The van der Waals surface area contributed by atoms with Gasteiger partial charge in [-0.25, -0.2) is 9.67 Å². The van der Waals surface area contributed by atoms with Crippen LogP contribution in [-0.2, 0) is 21.8 Å². The smallest absolute Gasteiger partial charge is 0.323 e. The van der Waals surface area contributed by atoms with E-state index in [4.69, 9.17) is 5.73 Å². The van der Waals surface area contributed by atoms with Gasteiger partial charge in [0.1, 0.15) is 18.2 Å². The number of nitrogens with two attached hydrogens (primary N) is 1. The number of esters is 1. The number of hydrogen-bond acceptors (Lipinski definition) is 6. The molecule has 0 aliphatic heterocycles. The first-order valence-electron chi connectivity index (χ1n) is 5.82. The van der Waals surface area contributed by atoms with Crippen LogP contribution in [0.25, 0.3) is 0 Å². The maximum absolute atomic E-state index is 11.1. The molecule has 1 rings (SSSR count). The Morgan fingerprint density at radius 2 is 2.33 bits per heavy atom. The Kier molecular flexibility index (Phi) is 6.14. The van der Waals surface area contributed by atoms with E-state index in [9.17, 15) is 4.79 Å². The van der Waals surface area contributed by atoms with E-state index in [1.54, 1.807) is 18.1 Å². The summed E-state index contributed by atoms with van der Waals surface area (Å²) < 4.78 is 6.46. The number of rotatable bonds is 7. The van der Waals surface area contributed by atoms with Crippen LogP contribution in [0.5, 0.6) is 0 Å². The maximum Gasteiger partial charge on any atom is 0.323 e. The third kappa shape index (κ3) is 4.66. The molecular formula is C11H20N4O2S. The molecule has 1 aromatic heterocycles. The van der Waals surface area contributed by atoms with Gasteiger partial charge in [0, 0.05) is 12.3 Å². The summed E-state index contributed by atoms with van der Waals surface area (Å²) >= 11 is 1.55. The zero-order valence-corrected chi connectivity index (χ0v) is 11.8. The lowest BCUT2D eigenvalue weighted by Crippen LogP contribution is -2.33. The van der Waals surface area contributed by atoms with Crippen LogP contribution in [0.1, 0.15) is 19.7 Å². The van der Waals surface area contributed by atoms with Gasteiger partial charge in [-0.2, -0.15) is 16.9 Å². The summed E-state index contributed by atoms with van der Waals surface area (Å²) in [6.45, 7) is 5.11. The van der Waals surface area contributed by atoms with E-state index in [1.165, 1.54) is 7.11 Å². The minimum atomic E-state index is -0.582. The highest BCUT2D eigenvalue weighted by molar-refractivity contribution is 7.98. The zero-order chi connectivity index (χ0) is 13.5. The Bertz CT molecular complexity index is 381. The number of thioether (sulfide) groups is 1. The minimum Gasteiger partial charge on any atom is -0.468 e. The Morgan fingerprint density at radius 3 is 2.94 bits per heavy atom. The molecule has 0 saturated carbocycles. The summed E-state index contributed by atoms with van der Waals surface area (Å²) in [5.74, 6) is 2.25. The molecule has 1 heterocycles. The molecule has 0 radical (unpaired) electrons. The summed E-state index contributed by atoms with van der Waals surface area (Å²) in [4.78, 5) is 15.3. The molecule has 0 aromatic carbocycles. The van der Waals surface area contributed by atoms with Crippen molar-refractivity contribution in [2.24, 2.45) is 11.7 Å². The molecular weight excluding hydrogens is 252 g/mol. The average molecular weight is 272 g/mol. The van der Waals surface area contributed by atoms with Gasteiger partial charge in [-0.05, 0) is 5.92 Å². The van der Waals surface area contributed by atoms with Crippen molar-refractivity contribution in [1.29, 1.82) is 0 Å². The van der Waals surface area contributed by atoms with Crippen molar-refractivity contribution in [3.63, 3.8) is 0 Å². The summed E-state index contributed by atoms with van der Waals surface area (Å²) in [6.07, 6.45) is 1.55. The molecule has 0 aliphatic rings. The summed E-state index contributed by atoms with van der Waals surface area (Å²) in [5, 5.41) is 4.17. The fourth-order valence-electron chi connectivity index (χ4n) is 1.39. The second kappa shape index (κ2) is 7.38. The van der Waals surface area contributed by atoms with Crippen molar-refractivity contribution in [3.05, 3.63) is 12.2 Å². The number of nitrogens with zero attached hydrogens (tertiary/aromatic N) is 3. The first kappa shape index (κ1) is 15.0. The zero-order valence-electron chi connectivity index (χ0n) is 11.0. The maximum atomic E-state index is 11.1. The van der Waals surface area contributed by atoms with Gasteiger partial charge in [-0.15, -0.1) is 0 Å². The number of aromatic nitrogens is 3. The fraction of sp³-hybridized carbons (Fsp3) is 0.727. The molecule has 0 aliphatic carbocycles. The topological polar surface area (TPSA) is 83.0 Å². The Labute approximate surface area is 111 Å². The van der Waals surface area contributed by atoms with Crippen LogP contribution < -0.4 is 5.73 Å². The van der Waals surface area contributed by atoms with Gasteiger partial charge in [-0.1, -0.05) is 13.8 Å². The Hall–Kier alpha value is -1.08. The number of methoxy groups -OCH3 is 1. The molecule has 2 N–H and O–H groups in total. The van der Waals surface area contributed by atoms with Crippen LogP contribution >= 0.6 is 11.8 Å². The van der Waals surface area contributed by atoms with Gasteiger partial charge in [0.2, 0.25) is 0 Å². The van der Waals surface area contributed by atoms with Crippen molar-refractivity contribution in [1.82, 2.24) is 14.8 Å². The van der Waals surface area contributed by atoms with Crippen LogP contribution in [0.3, 0.4) is 0 Å². The molecule has 1 atom stereocenters. The fourth-order valence-corrected chi connectivity index (χ4v) is 2.31. The van der Waals surface area contributed by atoms with E-state index in [2.05, 4.69) is 28.7 Å². The molecule has 0 bridgehead atoms. The first-order chi connectivity index (χ1) is 8.54. The number of hydrogen-bond donors (Lipinski definition) is 1. The Morgan fingerprint density at radius 1 is 1.61 bits per heavy atom. The quantitative estimate of drug-likeness (QED) is 0.734. The largest absolute Gasteiger partial charge is 0.468 e. The highest BCUT2D eigenvalue weighted by atomic mass is 32.2. The Balaban J connectivity index is 2.39. The van der Waals surface area contributed by atoms with E-state index in [0.717, 1.165) is 12.4 Å². The molecule has 6 nitrogen and oxygen atoms in total. The van der Waals surface area contributed by atoms with Crippen LogP contribution in [0.4, 0.5) is 0 Å². The number of carbonyl (C=O) groups is 1. The standard InChI is InChI=1S/C11H20N4O2S/c1-8(2)4-15-10(13-7-14-15)6-18-5-9(12)11(16)17-3/h7-9H,4-6,12H2,1-3H3. The van der Waals surface area contributed by atoms with Crippen molar-refractivity contribution >= 4 is 17.7 Å². The normalized spacial score (nSPS) is 12.7. The lowest BCUT2D eigenvalue weighted by Gasteiger charge is -2.10. The van der Waals surface area contributed by atoms with E-state index in [0.29, 0.717) is 17.4 Å². The molecule has 0 fully saturated rings. The molecule has 0 spiro atoms. The van der Waals surface area contributed by atoms with Crippen molar-refractivity contribution < 1.29 is 9.53 Å².